The van der Waals surface area contributed by atoms with Gasteiger partial charge in [0.1, 0.15) is 11.9 Å². The normalized spacial score (nSPS) is 15.2. The second-order valence-corrected chi connectivity index (χ2v) is 5.38. The molecule has 1 aliphatic heterocycles. The zero-order valence-corrected chi connectivity index (χ0v) is 12.2. The van der Waals surface area contributed by atoms with Gasteiger partial charge in [0.2, 0.25) is 0 Å². The van der Waals surface area contributed by atoms with E-state index in [1.165, 1.54) is 12.0 Å². The van der Waals surface area contributed by atoms with E-state index in [0.717, 1.165) is 0 Å². The van der Waals surface area contributed by atoms with E-state index >= 15 is 0 Å². The van der Waals surface area contributed by atoms with Gasteiger partial charge in [-0.3, -0.25) is 15.1 Å². The third-order valence-corrected chi connectivity index (χ3v) is 3.90. The molecule has 0 aliphatic carbocycles. The topological polar surface area (TPSA) is 70.5 Å². The zero-order chi connectivity index (χ0) is 14.7. The number of hydrogen-bond acceptors (Lipinski definition) is 5. The first-order chi connectivity index (χ1) is 9.61. The van der Waals surface area contributed by atoms with Crippen LogP contribution in [0.3, 0.4) is 0 Å². The van der Waals surface area contributed by atoms with Gasteiger partial charge >= 0.3 is 5.97 Å². The Morgan fingerprint density at radius 2 is 2.05 bits per heavy atom. The van der Waals surface area contributed by atoms with Crippen molar-refractivity contribution in [3.63, 3.8) is 0 Å². The molecule has 0 aromatic heterocycles. The molecule has 1 amide bonds. The molecule has 2 rings (SSSR count). The number of amidine groups is 1. The SMILES string of the molecule is COC(=O)[C@H](CCSC)N1C(=N)c2ccccc2C1=O. The molecule has 1 N–H and O–H groups in total. The summed E-state index contributed by atoms with van der Waals surface area (Å²) in [7, 11) is 1.30. The Morgan fingerprint density at radius 1 is 1.40 bits per heavy atom. The van der Waals surface area contributed by atoms with Crippen LogP contribution in [0.2, 0.25) is 0 Å². The lowest BCUT2D eigenvalue weighted by Gasteiger charge is -2.25. The summed E-state index contributed by atoms with van der Waals surface area (Å²) in [5.74, 6) is 0.00171. The highest BCUT2D eigenvalue weighted by Gasteiger charge is 2.40. The van der Waals surface area contributed by atoms with E-state index in [1.807, 2.05) is 6.26 Å². The lowest BCUT2D eigenvalue weighted by molar-refractivity contribution is -0.144. The first kappa shape index (κ1) is 14.6. The summed E-state index contributed by atoms with van der Waals surface area (Å²) >= 11 is 1.59. The number of thioether (sulfide) groups is 1. The van der Waals surface area contributed by atoms with E-state index in [0.29, 0.717) is 23.3 Å². The fraction of sp³-hybridized carbons (Fsp3) is 0.357. The maximum atomic E-state index is 12.4. The van der Waals surface area contributed by atoms with Crippen molar-refractivity contribution in [1.82, 2.24) is 4.90 Å². The number of ether oxygens (including phenoxy) is 1. The standard InChI is InChI=1S/C14H16N2O3S/c1-19-14(18)11(7-8-20-2)16-12(15)9-5-3-4-6-10(9)13(16)17/h3-6,11,15H,7-8H2,1-2H3/t11-/m0/s1. The number of benzene rings is 1. The Kier molecular flexibility index (Phi) is 4.44. The Labute approximate surface area is 121 Å². The Balaban J connectivity index is 2.34. The van der Waals surface area contributed by atoms with Crippen molar-refractivity contribution in [3.05, 3.63) is 35.4 Å². The van der Waals surface area contributed by atoms with Gasteiger partial charge < -0.3 is 4.74 Å². The quantitative estimate of drug-likeness (QED) is 0.840. The molecule has 1 aromatic carbocycles. The Bertz CT molecular complexity index is 524. The molecule has 1 aliphatic rings. The summed E-state index contributed by atoms with van der Waals surface area (Å²) in [5.41, 5.74) is 1.03. The maximum absolute atomic E-state index is 12.4. The highest BCUT2D eigenvalue weighted by molar-refractivity contribution is 7.98. The van der Waals surface area contributed by atoms with Crippen molar-refractivity contribution in [2.45, 2.75) is 12.5 Å². The average molecular weight is 292 g/mol. The molecular formula is C14H16N2O3S. The summed E-state index contributed by atoms with van der Waals surface area (Å²) in [5, 5.41) is 8.14. The number of rotatable bonds is 5. The first-order valence-corrected chi connectivity index (χ1v) is 7.59. The van der Waals surface area contributed by atoms with Crippen molar-refractivity contribution in [1.29, 1.82) is 5.41 Å². The van der Waals surface area contributed by atoms with Crippen LogP contribution >= 0.6 is 11.8 Å². The van der Waals surface area contributed by atoms with Gasteiger partial charge in [-0.2, -0.15) is 11.8 Å². The Hall–Kier alpha value is -1.82. The number of carbonyl (C=O) groups is 2. The van der Waals surface area contributed by atoms with Crippen LogP contribution in [0.15, 0.2) is 24.3 Å². The largest absolute Gasteiger partial charge is 0.467 e. The van der Waals surface area contributed by atoms with Crippen LogP contribution in [0.25, 0.3) is 0 Å². The molecule has 1 atom stereocenters. The van der Waals surface area contributed by atoms with Gasteiger partial charge in [0.15, 0.2) is 0 Å². The molecule has 5 nitrogen and oxygen atoms in total. The molecule has 106 valence electrons. The minimum Gasteiger partial charge on any atom is -0.467 e. The van der Waals surface area contributed by atoms with Crippen LogP contribution in [0.1, 0.15) is 22.3 Å². The first-order valence-electron chi connectivity index (χ1n) is 6.20. The van der Waals surface area contributed by atoms with Crippen molar-refractivity contribution < 1.29 is 14.3 Å². The van der Waals surface area contributed by atoms with E-state index < -0.39 is 12.0 Å². The molecular weight excluding hydrogens is 276 g/mol. The molecule has 0 saturated carbocycles. The van der Waals surface area contributed by atoms with Gasteiger partial charge in [0, 0.05) is 5.56 Å². The van der Waals surface area contributed by atoms with E-state index in [4.69, 9.17) is 10.1 Å². The summed E-state index contributed by atoms with van der Waals surface area (Å²) in [6, 6.07) is 6.19. The van der Waals surface area contributed by atoms with Gasteiger partial charge in [-0.15, -0.1) is 0 Å². The number of nitrogens with one attached hydrogen (secondary N) is 1. The number of carbonyl (C=O) groups excluding carboxylic acids is 2. The smallest absolute Gasteiger partial charge is 0.329 e. The molecule has 0 radical (unpaired) electrons. The number of amides is 1. The maximum Gasteiger partial charge on any atom is 0.329 e. The molecule has 1 heterocycles. The highest BCUT2D eigenvalue weighted by atomic mass is 32.2. The fourth-order valence-electron chi connectivity index (χ4n) is 2.25. The molecule has 1 aromatic rings. The summed E-state index contributed by atoms with van der Waals surface area (Å²) in [6.45, 7) is 0. The van der Waals surface area contributed by atoms with Gasteiger partial charge in [-0.1, -0.05) is 18.2 Å². The monoisotopic (exact) mass is 292 g/mol. The van der Waals surface area contributed by atoms with Crippen LogP contribution in [-0.4, -0.2) is 47.8 Å². The van der Waals surface area contributed by atoms with Crippen LogP contribution < -0.4 is 0 Å². The molecule has 6 heteroatoms. The van der Waals surface area contributed by atoms with Crippen LogP contribution in [0.4, 0.5) is 0 Å². The fourth-order valence-corrected chi connectivity index (χ4v) is 2.71. The summed E-state index contributed by atoms with van der Waals surface area (Å²) in [4.78, 5) is 25.6. The molecule has 0 spiro atoms. The third kappa shape index (κ3) is 2.43. The number of esters is 1. The predicted octanol–water partition coefficient (Wildman–Crippen LogP) is 1.76. The molecule has 0 fully saturated rings. The highest BCUT2D eigenvalue weighted by Crippen LogP contribution is 2.26. The van der Waals surface area contributed by atoms with Gasteiger partial charge in [-0.05, 0) is 24.5 Å². The van der Waals surface area contributed by atoms with E-state index in [-0.39, 0.29) is 11.7 Å². The van der Waals surface area contributed by atoms with Gasteiger partial charge in [0.25, 0.3) is 5.91 Å². The second kappa shape index (κ2) is 6.09. The van der Waals surface area contributed by atoms with Gasteiger partial charge in [0.05, 0.1) is 12.7 Å². The lowest BCUT2D eigenvalue weighted by Crippen LogP contribution is -2.45. The van der Waals surface area contributed by atoms with Gasteiger partial charge in [-0.25, -0.2) is 4.79 Å². The van der Waals surface area contributed by atoms with E-state index in [1.54, 1.807) is 36.0 Å². The van der Waals surface area contributed by atoms with Crippen molar-refractivity contribution in [3.8, 4) is 0 Å². The third-order valence-electron chi connectivity index (χ3n) is 3.25. The van der Waals surface area contributed by atoms with Crippen LogP contribution in [0, 0.1) is 5.41 Å². The number of methoxy groups -OCH3 is 1. The van der Waals surface area contributed by atoms with Crippen molar-refractivity contribution >= 4 is 29.5 Å². The van der Waals surface area contributed by atoms with Crippen LogP contribution in [0.5, 0.6) is 0 Å². The Morgan fingerprint density at radius 3 is 2.60 bits per heavy atom. The molecule has 20 heavy (non-hydrogen) atoms. The lowest BCUT2D eigenvalue weighted by atomic mass is 10.1. The van der Waals surface area contributed by atoms with E-state index in [9.17, 15) is 9.59 Å². The predicted molar refractivity (Wildman–Crippen MR) is 78.2 cm³/mol. The van der Waals surface area contributed by atoms with Crippen LogP contribution in [-0.2, 0) is 9.53 Å². The average Bonchev–Trinajstić information content (AvgIpc) is 2.73. The zero-order valence-electron chi connectivity index (χ0n) is 11.4. The molecule has 0 saturated heterocycles. The molecule has 0 bridgehead atoms. The van der Waals surface area contributed by atoms with Crippen molar-refractivity contribution in [2.75, 3.05) is 19.1 Å². The second-order valence-electron chi connectivity index (χ2n) is 4.39. The molecule has 0 unspecified atom stereocenters. The number of hydrogen-bond donors (Lipinski definition) is 1. The van der Waals surface area contributed by atoms with E-state index in [2.05, 4.69) is 0 Å². The number of nitrogens with zero attached hydrogens (tertiary/aromatic N) is 1. The summed E-state index contributed by atoms with van der Waals surface area (Å²) < 4.78 is 4.78. The minimum atomic E-state index is -0.736. The van der Waals surface area contributed by atoms with Crippen molar-refractivity contribution in [2.24, 2.45) is 0 Å². The number of fused-ring (bicyclic) bond motifs is 1. The summed E-state index contributed by atoms with van der Waals surface area (Å²) in [6.07, 6.45) is 2.40. The minimum absolute atomic E-state index is 0.0714.